The van der Waals surface area contributed by atoms with Gasteiger partial charge in [-0.25, -0.2) is 9.97 Å². The summed E-state index contributed by atoms with van der Waals surface area (Å²) in [7, 11) is 1.71. The van der Waals surface area contributed by atoms with Crippen LogP contribution in [0.15, 0.2) is 30.6 Å². The summed E-state index contributed by atoms with van der Waals surface area (Å²) in [6.07, 6.45) is 6.50. The standard InChI is InChI=1S/C19H23N3O/c1-23-16-6-2-14(3-7-16)12-22-10-8-17-18(9-11-22)20-13-21-19(17)15-4-5-15/h2-3,6-7,13,15H,4-5,8-12H2,1H3. The highest BCUT2D eigenvalue weighted by Crippen LogP contribution is 2.41. The first-order valence-electron chi connectivity index (χ1n) is 8.51. The SMILES string of the molecule is COc1ccc(CN2CCc3ncnc(C4CC4)c3CC2)cc1. The van der Waals surface area contributed by atoms with Gasteiger partial charge >= 0.3 is 0 Å². The number of nitrogens with zero attached hydrogens (tertiary/aromatic N) is 3. The number of benzene rings is 1. The van der Waals surface area contributed by atoms with Gasteiger partial charge in [0.15, 0.2) is 0 Å². The van der Waals surface area contributed by atoms with Gasteiger partial charge in [-0.3, -0.25) is 4.90 Å². The quantitative estimate of drug-likeness (QED) is 0.870. The molecule has 0 bridgehead atoms. The largest absolute Gasteiger partial charge is 0.497 e. The van der Waals surface area contributed by atoms with Gasteiger partial charge in [0.25, 0.3) is 0 Å². The van der Waals surface area contributed by atoms with Crippen LogP contribution >= 0.6 is 0 Å². The van der Waals surface area contributed by atoms with E-state index in [1.807, 2.05) is 12.1 Å². The zero-order valence-corrected chi connectivity index (χ0v) is 13.7. The minimum Gasteiger partial charge on any atom is -0.497 e. The Labute approximate surface area is 137 Å². The van der Waals surface area contributed by atoms with Crippen LogP contribution in [0.3, 0.4) is 0 Å². The van der Waals surface area contributed by atoms with Crippen LogP contribution in [0.4, 0.5) is 0 Å². The molecule has 0 unspecified atom stereocenters. The summed E-state index contributed by atoms with van der Waals surface area (Å²) in [6, 6.07) is 8.40. The van der Waals surface area contributed by atoms with Crippen molar-refractivity contribution in [2.24, 2.45) is 0 Å². The zero-order chi connectivity index (χ0) is 15.6. The Morgan fingerprint density at radius 1 is 1.09 bits per heavy atom. The van der Waals surface area contributed by atoms with E-state index in [2.05, 4.69) is 27.0 Å². The third kappa shape index (κ3) is 3.22. The van der Waals surface area contributed by atoms with Gasteiger partial charge in [-0.15, -0.1) is 0 Å². The Bertz CT molecular complexity index is 680. The first kappa shape index (κ1) is 14.6. The molecule has 4 heteroatoms. The maximum atomic E-state index is 5.23. The molecule has 4 rings (SSSR count). The molecule has 0 spiro atoms. The van der Waals surface area contributed by atoms with Crippen molar-refractivity contribution in [1.29, 1.82) is 0 Å². The van der Waals surface area contributed by atoms with Crippen LogP contribution in [-0.2, 0) is 19.4 Å². The van der Waals surface area contributed by atoms with E-state index in [1.165, 1.54) is 35.4 Å². The summed E-state index contributed by atoms with van der Waals surface area (Å²) < 4.78 is 5.23. The number of aromatic nitrogens is 2. The molecule has 1 aliphatic carbocycles. The van der Waals surface area contributed by atoms with E-state index < -0.39 is 0 Å². The molecule has 23 heavy (non-hydrogen) atoms. The zero-order valence-electron chi connectivity index (χ0n) is 13.7. The van der Waals surface area contributed by atoms with Gasteiger partial charge in [0, 0.05) is 37.7 Å². The van der Waals surface area contributed by atoms with Crippen LogP contribution in [0, 0.1) is 0 Å². The van der Waals surface area contributed by atoms with Gasteiger partial charge in [0.05, 0.1) is 12.8 Å². The summed E-state index contributed by atoms with van der Waals surface area (Å²) >= 11 is 0. The highest BCUT2D eigenvalue weighted by atomic mass is 16.5. The van der Waals surface area contributed by atoms with Gasteiger partial charge in [-0.05, 0) is 42.5 Å². The van der Waals surface area contributed by atoms with Gasteiger partial charge in [-0.1, -0.05) is 12.1 Å². The van der Waals surface area contributed by atoms with Crippen LogP contribution in [0.25, 0.3) is 0 Å². The molecule has 2 aliphatic rings. The predicted octanol–water partition coefficient (Wildman–Crippen LogP) is 2.96. The van der Waals surface area contributed by atoms with Crippen LogP contribution in [-0.4, -0.2) is 35.1 Å². The average molecular weight is 309 g/mol. The lowest BCUT2D eigenvalue weighted by Crippen LogP contribution is -2.25. The van der Waals surface area contributed by atoms with Gasteiger partial charge in [0.1, 0.15) is 12.1 Å². The molecule has 1 saturated carbocycles. The molecule has 0 radical (unpaired) electrons. The van der Waals surface area contributed by atoms with E-state index in [4.69, 9.17) is 4.74 Å². The molecule has 0 N–H and O–H groups in total. The summed E-state index contributed by atoms with van der Waals surface area (Å²) in [5.41, 5.74) is 5.39. The topological polar surface area (TPSA) is 38.2 Å². The molecule has 4 nitrogen and oxygen atoms in total. The van der Waals surface area contributed by atoms with Gasteiger partial charge in [0.2, 0.25) is 0 Å². The molecular formula is C19H23N3O. The normalized spacial score (nSPS) is 18.3. The molecule has 120 valence electrons. The van der Waals surface area contributed by atoms with E-state index in [9.17, 15) is 0 Å². The Morgan fingerprint density at radius 3 is 2.61 bits per heavy atom. The average Bonchev–Trinajstić information content (AvgIpc) is 3.43. The van der Waals surface area contributed by atoms with Gasteiger partial charge in [-0.2, -0.15) is 0 Å². The number of rotatable bonds is 4. The molecule has 0 atom stereocenters. The Hall–Kier alpha value is -1.94. The lowest BCUT2D eigenvalue weighted by Gasteiger charge is -2.19. The van der Waals surface area contributed by atoms with Gasteiger partial charge < -0.3 is 4.74 Å². The van der Waals surface area contributed by atoms with Crippen molar-refractivity contribution in [3.8, 4) is 5.75 Å². The molecular weight excluding hydrogens is 286 g/mol. The molecule has 2 aromatic rings. The third-order valence-electron chi connectivity index (χ3n) is 4.94. The van der Waals surface area contributed by atoms with E-state index in [0.717, 1.165) is 38.2 Å². The van der Waals surface area contributed by atoms with Crippen molar-refractivity contribution in [2.45, 2.75) is 38.1 Å². The molecule has 1 aromatic heterocycles. The highest BCUT2D eigenvalue weighted by molar-refractivity contribution is 5.32. The predicted molar refractivity (Wildman–Crippen MR) is 89.7 cm³/mol. The van der Waals surface area contributed by atoms with Crippen LogP contribution in [0.5, 0.6) is 5.75 Å². The van der Waals surface area contributed by atoms with Crippen LogP contribution in [0.2, 0.25) is 0 Å². The van der Waals surface area contributed by atoms with Crippen molar-refractivity contribution < 1.29 is 4.74 Å². The number of hydrogen-bond acceptors (Lipinski definition) is 4. The molecule has 0 amide bonds. The fraction of sp³-hybridized carbons (Fsp3) is 0.474. The van der Waals surface area contributed by atoms with Crippen molar-refractivity contribution in [3.05, 3.63) is 53.1 Å². The second-order valence-corrected chi connectivity index (χ2v) is 6.58. The number of methoxy groups -OCH3 is 1. The molecule has 0 saturated heterocycles. The van der Waals surface area contributed by atoms with Crippen molar-refractivity contribution in [1.82, 2.24) is 14.9 Å². The maximum absolute atomic E-state index is 5.23. The second kappa shape index (κ2) is 6.28. The minimum atomic E-state index is 0.708. The smallest absolute Gasteiger partial charge is 0.118 e. The fourth-order valence-electron chi connectivity index (χ4n) is 3.45. The lowest BCUT2D eigenvalue weighted by atomic mass is 10.0. The van der Waals surface area contributed by atoms with Crippen LogP contribution < -0.4 is 4.74 Å². The number of fused-ring (bicyclic) bond motifs is 1. The van der Waals surface area contributed by atoms with Crippen molar-refractivity contribution in [2.75, 3.05) is 20.2 Å². The van der Waals surface area contributed by atoms with E-state index in [1.54, 1.807) is 13.4 Å². The third-order valence-corrected chi connectivity index (χ3v) is 4.94. The first-order chi connectivity index (χ1) is 11.3. The highest BCUT2D eigenvalue weighted by Gasteiger charge is 2.29. The summed E-state index contributed by atoms with van der Waals surface area (Å²) in [6.45, 7) is 3.15. The molecule has 1 aromatic carbocycles. The molecule has 1 aliphatic heterocycles. The Kier molecular flexibility index (Phi) is 4.00. The number of hydrogen-bond donors (Lipinski definition) is 0. The van der Waals surface area contributed by atoms with Crippen molar-refractivity contribution in [3.63, 3.8) is 0 Å². The monoisotopic (exact) mass is 309 g/mol. The minimum absolute atomic E-state index is 0.708. The fourth-order valence-corrected chi connectivity index (χ4v) is 3.45. The van der Waals surface area contributed by atoms with E-state index in [0.29, 0.717) is 5.92 Å². The molecule has 2 heterocycles. The Morgan fingerprint density at radius 2 is 1.87 bits per heavy atom. The lowest BCUT2D eigenvalue weighted by molar-refractivity contribution is 0.278. The van der Waals surface area contributed by atoms with Crippen LogP contribution in [0.1, 0.15) is 41.3 Å². The maximum Gasteiger partial charge on any atom is 0.118 e. The van der Waals surface area contributed by atoms with E-state index in [-0.39, 0.29) is 0 Å². The first-order valence-corrected chi connectivity index (χ1v) is 8.51. The van der Waals surface area contributed by atoms with E-state index >= 15 is 0 Å². The second-order valence-electron chi connectivity index (χ2n) is 6.58. The Balaban J connectivity index is 1.46. The molecule has 1 fully saturated rings. The summed E-state index contributed by atoms with van der Waals surface area (Å²) in [5.74, 6) is 1.63. The summed E-state index contributed by atoms with van der Waals surface area (Å²) in [4.78, 5) is 11.7. The number of ether oxygens (including phenoxy) is 1. The van der Waals surface area contributed by atoms with Crippen molar-refractivity contribution >= 4 is 0 Å². The summed E-state index contributed by atoms with van der Waals surface area (Å²) in [5, 5.41) is 0.